The molecule has 32 heavy (non-hydrogen) atoms. The van der Waals surface area contributed by atoms with Gasteiger partial charge in [-0.25, -0.2) is 9.37 Å². The quantitative estimate of drug-likeness (QED) is 0.594. The molecule has 1 aromatic heterocycles. The first-order valence-electron chi connectivity index (χ1n) is 10.7. The molecule has 2 heterocycles. The summed E-state index contributed by atoms with van der Waals surface area (Å²) in [5, 5.41) is 9.04. The monoisotopic (exact) mass is 429 g/mol. The lowest BCUT2D eigenvalue weighted by Gasteiger charge is -2.35. The van der Waals surface area contributed by atoms with Gasteiger partial charge < -0.3 is 9.80 Å². The van der Waals surface area contributed by atoms with Gasteiger partial charge in [0.15, 0.2) is 0 Å². The Balaban J connectivity index is 1.54. The van der Waals surface area contributed by atoms with Crippen molar-refractivity contribution >= 4 is 11.7 Å². The number of aromatic nitrogens is 2. The van der Waals surface area contributed by atoms with E-state index >= 15 is 0 Å². The summed E-state index contributed by atoms with van der Waals surface area (Å²) in [7, 11) is 0. The summed E-state index contributed by atoms with van der Waals surface area (Å²) < 4.78 is 13.8. The van der Waals surface area contributed by atoms with Crippen molar-refractivity contribution in [3.8, 4) is 6.07 Å². The first kappa shape index (κ1) is 21.4. The molecule has 0 N–H and O–H groups in total. The second-order valence-electron chi connectivity index (χ2n) is 7.98. The predicted molar refractivity (Wildman–Crippen MR) is 119 cm³/mol. The maximum absolute atomic E-state index is 13.8. The Kier molecular flexibility index (Phi) is 6.71. The highest BCUT2D eigenvalue weighted by Crippen LogP contribution is 2.24. The third-order valence-electron chi connectivity index (χ3n) is 5.67. The van der Waals surface area contributed by atoms with Gasteiger partial charge in [0.05, 0.1) is 23.7 Å². The van der Waals surface area contributed by atoms with E-state index in [2.05, 4.69) is 20.9 Å². The van der Waals surface area contributed by atoms with Crippen LogP contribution in [0.5, 0.6) is 0 Å². The Labute approximate surface area is 187 Å². The van der Waals surface area contributed by atoms with Gasteiger partial charge in [-0.3, -0.25) is 9.78 Å². The van der Waals surface area contributed by atoms with Gasteiger partial charge in [-0.05, 0) is 48.2 Å². The summed E-state index contributed by atoms with van der Waals surface area (Å²) in [4.78, 5) is 26.0. The van der Waals surface area contributed by atoms with E-state index in [-0.39, 0.29) is 17.6 Å². The molecular formula is C25H24FN5O. The molecule has 1 unspecified atom stereocenters. The smallest absolute Gasteiger partial charge is 0.228 e. The number of benzene rings is 2. The van der Waals surface area contributed by atoms with E-state index in [0.717, 1.165) is 36.3 Å². The number of halogens is 1. The third-order valence-corrected chi connectivity index (χ3v) is 5.67. The zero-order valence-electron chi connectivity index (χ0n) is 17.7. The molecule has 1 aliphatic heterocycles. The van der Waals surface area contributed by atoms with E-state index in [4.69, 9.17) is 5.26 Å². The van der Waals surface area contributed by atoms with Crippen molar-refractivity contribution < 1.29 is 9.18 Å². The zero-order valence-corrected chi connectivity index (χ0v) is 17.7. The van der Waals surface area contributed by atoms with Crippen molar-refractivity contribution in [1.82, 2.24) is 14.9 Å². The van der Waals surface area contributed by atoms with E-state index in [1.807, 2.05) is 18.2 Å². The summed E-state index contributed by atoms with van der Waals surface area (Å²) in [6.07, 6.45) is 6.69. The molecule has 6 nitrogen and oxygen atoms in total. The molecule has 4 rings (SSSR count). The number of rotatable bonds is 6. The lowest BCUT2D eigenvalue weighted by atomic mass is 9.96. The second-order valence-corrected chi connectivity index (χ2v) is 7.98. The number of anilines is 1. The van der Waals surface area contributed by atoms with Crippen LogP contribution in [0.15, 0.2) is 67.1 Å². The second kappa shape index (κ2) is 10.0. The molecule has 3 aromatic rings. The molecule has 0 radical (unpaired) electrons. The van der Waals surface area contributed by atoms with Gasteiger partial charge in [0, 0.05) is 38.6 Å². The number of hydrogen-bond acceptors (Lipinski definition) is 5. The van der Waals surface area contributed by atoms with Crippen molar-refractivity contribution in [3.63, 3.8) is 0 Å². The number of nitrogens with zero attached hydrogens (tertiary/aromatic N) is 5. The van der Waals surface area contributed by atoms with E-state index in [9.17, 15) is 9.18 Å². The van der Waals surface area contributed by atoms with Gasteiger partial charge in [0.25, 0.3) is 0 Å². The van der Waals surface area contributed by atoms with Crippen LogP contribution in [0.4, 0.5) is 10.2 Å². The first-order chi connectivity index (χ1) is 15.6. The van der Waals surface area contributed by atoms with Crippen LogP contribution in [0.3, 0.4) is 0 Å². The maximum Gasteiger partial charge on any atom is 0.228 e. The number of carbonyl (C=O) groups excluding carboxylic acids is 1. The number of nitriles is 1. The summed E-state index contributed by atoms with van der Waals surface area (Å²) in [5.74, 6) is 0.304. The molecular weight excluding hydrogens is 405 g/mol. The number of piperidine rings is 1. The molecule has 1 aliphatic rings. The minimum atomic E-state index is -0.320. The minimum absolute atomic E-state index is 0.0345. The van der Waals surface area contributed by atoms with Gasteiger partial charge in [-0.1, -0.05) is 24.3 Å². The van der Waals surface area contributed by atoms with E-state index < -0.39 is 0 Å². The Morgan fingerprint density at radius 2 is 1.97 bits per heavy atom. The Bertz CT molecular complexity index is 1100. The van der Waals surface area contributed by atoms with Crippen LogP contribution in [0.2, 0.25) is 0 Å². The molecule has 1 saturated heterocycles. The normalized spacial score (nSPS) is 15.8. The maximum atomic E-state index is 13.8. The highest BCUT2D eigenvalue weighted by molar-refractivity contribution is 5.79. The largest absolute Gasteiger partial charge is 0.355 e. The molecule has 1 amide bonds. The van der Waals surface area contributed by atoms with E-state index in [1.54, 1.807) is 41.7 Å². The molecule has 162 valence electrons. The fourth-order valence-corrected chi connectivity index (χ4v) is 4.07. The lowest BCUT2D eigenvalue weighted by Crippen LogP contribution is -2.44. The van der Waals surface area contributed by atoms with Crippen LogP contribution in [0.25, 0.3) is 0 Å². The van der Waals surface area contributed by atoms with Crippen molar-refractivity contribution in [2.45, 2.75) is 25.9 Å². The average Bonchev–Trinajstić information content (AvgIpc) is 2.84. The van der Waals surface area contributed by atoms with Crippen molar-refractivity contribution in [3.05, 3.63) is 89.6 Å². The topological polar surface area (TPSA) is 73.1 Å². The molecule has 7 heteroatoms. The van der Waals surface area contributed by atoms with Gasteiger partial charge in [0.2, 0.25) is 5.91 Å². The van der Waals surface area contributed by atoms with Gasteiger partial charge in [-0.15, -0.1) is 0 Å². The van der Waals surface area contributed by atoms with Crippen LogP contribution in [-0.4, -0.2) is 33.9 Å². The van der Waals surface area contributed by atoms with E-state index in [0.29, 0.717) is 25.2 Å². The van der Waals surface area contributed by atoms with Crippen LogP contribution >= 0.6 is 0 Å². The molecule has 2 aromatic carbocycles. The van der Waals surface area contributed by atoms with Gasteiger partial charge >= 0.3 is 0 Å². The highest BCUT2D eigenvalue weighted by Gasteiger charge is 2.30. The summed E-state index contributed by atoms with van der Waals surface area (Å²) in [5.41, 5.74) is 2.24. The van der Waals surface area contributed by atoms with E-state index in [1.165, 1.54) is 12.1 Å². The fourth-order valence-electron chi connectivity index (χ4n) is 4.07. The molecule has 0 saturated carbocycles. The van der Waals surface area contributed by atoms with Gasteiger partial charge in [0.1, 0.15) is 11.6 Å². The molecule has 1 fully saturated rings. The predicted octanol–water partition coefficient (Wildman–Crippen LogP) is 3.93. The molecule has 0 bridgehead atoms. The van der Waals surface area contributed by atoms with Crippen LogP contribution in [0.1, 0.15) is 29.5 Å². The fraction of sp³-hybridized carbons (Fsp3) is 0.280. The van der Waals surface area contributed by atoms with Crippen molar-refractivity contribution in [2.75, 3.05) is 18.0 Å². The number of carbonyl (C=O) groups is 1. The van der Waals surface area contributed by atoms with Crippen LogP contribution < -0.4 is 4.90 Å². The standard InChI is InChI=1S/C25H24FN5O/c26-23-5-1-3-21(13-23)17-31(16-20-8-6-19(14-27)7-9-20)25(32)22-4-2-12-30(18-22)24-15-28-10-11-29-24/h1,3,5-11,13,15,22H,2,4,12,16-18H2. The zero-order chi connectivity index (χ0) is 22.3. The number of amides is 1. The minimum Gasteiger partial charge on any atom is -0.355 e. The lowest BCUT2D eigenvalue weighted by molar-refractivity contribution is -0.137. The average molecular weight is 429 g/mol. The van der Waals surface area contributed by atoms with Crippen LogP contribution in [0, 0.1) is 23.1 Å². The molecule has 0 spiro atoms. The summed E-state index contributed by atoms with van der Waals surface area (Å²) in [6, 6.07) is 15.7. The first-order valence-corrected chi connectivity index (χ1v) is 10.7. The Morgan fingerprint density at radius 3 is 2.69 bits per heavy atom. The van der Waals surface area contributed by atoms with Crippen LogP contribution in [-0.2, 0) is 17.9 Å². The third kappa shape index (κ3) is 5.27. The molecule has 1 atom stereocenters. The Morgan fingerprint density at radius 1 is 1.16 bits per heavy atom. The van der Waals surface area contributed by atoms with Crippen molar-refractivity contribution in [1.29, 1.82) is 5.26 Å². The van der Waals surface area contributed by atoms with Crippen molar-refractivity contribution in [2.24, 2.45) is 5.92 Å². The number of hydrogen-bond donors (Lipinski definition) is 0. The SMILES string of the molecule is N#Cc1ccc(CN(Cc2cccc(F)c2)C(=O)C2CCCN(c3cnccn3)C2)cc1. The van der Waals surface area contributed by atoms with Gasteiger partial charge in [-0.2, -0.15) is 5.26 Å². The Hall–Kier alpha value is -3.79. The summed E-state index contributed by atoms with van der Waals surface area (Å²) >= 11 is 0. The molecule has 0 aliphatic carbocycles. The summed E-state index contributed by atoms with van der Waals surface area (Å²) in [6.45, 7) is 2.12. The highest BCUT2D eigenvalue weighted by atomic mass is 19.1.